The maximum atomic E-state index is 12.3. The van der Waals surface area contributed by atoms with Crippen LogP contribution in [0.2, 0.25) is 5.02 Å². The minimum atomic E-state index is -0.0727. The van der Waals surface area contributed by atoms with E-state index in [1.165, 1.54) is 11.8 Å². The first kappa shape index (κ1) is 18.5. The number of rotatable bonds is 6. The summed E-state index contributed by atoms with van der Waals surface area (Å²) in [6, 6.07) is 15.5. The lowest BCUT2D eigenvalue weighted by atomic mass is 10.1. The molecule has 0 spiro atoms. The second-order valence-electron chi connectivity index (χ2n) is 6.00. The molecular weight excluding hydrogens is 366 g/mol. The molecule has 0 bridgehead atoms. The number of amides is 1. The van der Waals surface area contributed by atoms with Gasteiger partial charge < -0.3 is 5.32 Å². The first-order valence-corrected chi connectivity index (χ1v) is 9.68. The molecule has 1 heterocycles. The van der Waals surface area contributed by atoms with Gasteiger partial charge in [0.05, 0.1) is 17.5 Å². The molecule has 134 valence electrons. The molecule has 4 nitrogen and oxygen atoms in total. The van der Waals surface area contributed by atoms with Crippen molar-refractivity contribution in [3.63, 3.8) is 0 Å². The third-order valence-electron chi connectivity index (χ3n) is 4.06. The number of nitrogens with zero attached hydrogens (tertiary/aromatic N) is 2. The Morgan fingerprint density at radius 1 is 1.23 bits per heavy atom. The highest BCUT2D eigenvalue weighted by Crippen LogP contribution is 2.23. The van der Waals surface area contributed by atoms with Crippen molar-refractivity contribution in [3.05, 3.63) is 77.1 Å². The van der Waals surface area contributed by atoms with E-state index in [0.717, 1.165) is 22.0 Å². The zero-order valence-corrected chi connectivity index (χ0v) is 16.2. The van der Waals surface area contributed by atoms with Gasteiger partial charge in [-0.2, -0.15) is 0 Å². The second kappa shape index (κ2) is 8.43. The Balaban J connectivity index is 1.61. The number of aryl methyl sites for hydroxylation is 1. The van der Waals surface area contributed by atoms with Crippen LogP contribution in [0.4, 0.5) is 0 Å². The summed E-state index contributed by atoms with van der Waals surface area (Å²) in [6.07, 6.45) is 3.67. The summed E-state index contributed by atoms with van der Waals surface area (Å²) in [4.78, 5) is 16.7. The molecule has 0 saturated carbocycles. The van der Waals surface area contributed by atoms with Crippen LogP contribution in [0.15, 0.2) is 66.1 Å². The van der Waals surface area contributed by atoms with Gasteiger partial charge in [0, 0.05) is 17.4 Å². The molecule has 3 aromatic rings. The number of aromatic nitrogens is 2. The van der Waals surface area contributed by atoms with Gasteiger partial charge in [-0.1, -0.05) is 53.7 Å². The first-order valence-electron chi connectivity index (χ1n) is 8.31. The van der Waals surface area contributed by atoms with Crippen LogP contribution in [0.5, 0.6) is 0 Å². The highest BCUT2D eigenvalue weighted by Gasteiger charge is 2.13. The van der Waals surface area contributed by atoms with Crippen molar-refractivity contribution in [2.75, 3.05) is 5.75 Å². The predicted octanol–water partition coefficient (Wildman–Crippen LogP) is 4.80. The molecule has 1 amide bonds. The van der Waals surface area contributed by atoms with Crippen LogP contribution in [0.3, 0.4) is 0 Å². The SMILES string of the molecule is Cc1ccccc1-n1ccnc1SCC(=O)NC(C)c1ccc(Cl)cc1. The molecule has 6 heteroatoms. The average molecular weight is 386 g/mol. The Bertz CT molecular complexity index is 892. The number of nitrogens with one attached hydrogen (secondary N) is 1. The number of para-hydroxylation sites is 1. The van der Waals surface area contributed by atoms with E-state index >= 15 is 0 Å². The molecule has 0 aliphatic heterocycles. The fraction of sp³-hybridized carbons (Fsp3) is 0.200. The van der Waals surface area contributed by atoms with Gasteiger partial charge in [0.1, 0.15) is 0 Å². The monoisotopic (exact) mass is 385 g/mol. The molecule has 1 unspecified atom stereocenters. The predicted molar refractivity (Wildman–Crippen MR) is 107 cm³/mol. The molecule has 1 atom stereocenters. The smallest absolute Gasteiger partial charge is 0.230 e. The highest BCUT2D eigenvalue weighted by atomic mass is 35.5. The lowest BCUT2D eigenvalue weighted by Crippen LogP contribution is -2.28. The van der Waals surface area contributed by atoms with Gasteiger partial charge in [-0.05, 0) is 43.2 Å². The van der Waals surface area contributed by atoms with Crippen LogP contribution < -0.4 is 5.32 Å². The number of hydrogen-bond donors (Lipinski definition) is 1. The van der Waals surface area contributed by atoms with E-state index < -0.39 is 0 Å². The minimum Gasteiger partial charge on any atom is -0.349 e. The van der Waals surface area contributed by atoms with E-state index in [1.807, 2.05) is 60.2 Å². The van der Waals surface area contributed by atoms with Gasteiger partial charge in [-0.3, -0.25) is 9.36 Å². The van der Waals surface area contributed by atoms with Crippen molar-refractivity contribution in [2.24, 2.45) is 0 Å². The number of benzene rings is 2. The maximum Gasteiger partial charge on any atom is 0.230 e. The summed E-state index contributed by atoms with van der Waals surface area (Å²) in [5, 5.41) is 4.49. The summed E-state index contributed by atoms with van der Waals surface area (Å²) >= 11 is 7.33. The highest BCUT2D eigenvalue weighted by molar-refractivity contribution is 7.99. The molecule has 3 rings (SSSR count). The molecular formula is C20H20ClN3OS. The van der Waals surface area contributed by atoms with E-state index in [9.17, 15) is 4.79 Å². The van der Waals surface area contributed by atoms with Crippen molar-refractivity contribution >= 4 is 29.3 Å². The molecule has 0 saturated heterocycles. The zero-order valence-electron chi connectivity index (χ0n) is 14.6. The summed E-state index contributed by atoms with van der Waals surface area (Å²) in [5.41, 5.74) is 3.25. The Morgan fingerprint density at radius 2 is 1.96 bits per heavy atom. The Kier molecular flexibility index (Phi) is 6.01. The van der Waals surface area contributed by atoms with Crippen molar-refractivity contribution in [2.45, 2.75) is 25.0 Å². The van der Waals surface area contributed by atoms with Gasteiger partial charge in [-0.25, -0.2) is 4.98 Å². The number of thioether (sulfide) groups is 1. The van der Waals surface area contributed by atoms with Crippen LogP contribution in [-0.2, 0) is 4.79 Å². The van der Waals surface area contributed by atoms with Gasteiger partial charge in [-0.15, -0.1) is 0 Å². The number of hydrogen-bond acceptors (Lipinski definition) is 3. The van der Waals surface area contributed by atoms with Crippen molar-refractivity contribution in [1.29, 1.82) is 0 Å². The van der Waals surface area contributed by atoms with Crippen LogP contribution >= 0.6 is 23.4 Å². The molecule has 0 aliphatic rings. The van der Waals surface area contributed by atoms with E-state index in [2.05, 4.69) is 23.3 Å². The first-order chi connectivity index (χ1) is 12.5. The van der Waals surface area contributed by atoms with Gasteiger partial charge in [0.15, 0.2) is 5.16 Å². The molecule has 1 N–H and O–H groups in total. The molecule has 0 fully saturated rings. The average Bonchev–Trinajstić information content (AvgIpc) is 3.09. The topological polar surface area (TPSA) is 46.9 Å². The number of halogens is 1. The summed E-state index contributed by atoms with van der Waals surface area (Å²) in [6.45, 7) is 4.02. The lowest BCUT2D eigenvalue weighted by Gasteiger charge is -2.14. The van der Waals surface area contributed by atoms with Crippen LogP contribution in [0.1, 0.15) is 24.1 Å². The summed E-state index contributed by atoms with van der Waals surface area (Å²) in [7, 11) is 0. The number of carbonyl (C=O) groups is 1. The Morgan fingerprint density at radius 3 is 2.69 bits per heavy atom. The molecule has 0 aliphatic carbocycles. The number of imidazole rings is 1. The van der Waals surface area contributed by atoms with E-state index in [4.69, 9.17) is 11.6 Å². The molecule has 26 heavy (non-hydrogen) atoms. The molecule has 2 aromatic carbocycles. The van der Waals surface area contributed by atoms with Crippen molar-refractivity contribution < 1.29 is 4.79 Å². The number of carbonyl (C=O) groups excluding carboxylic acids is 1. The Labute approximate surface area is 162 Å². The summed E-state index contributed by atoms with van der Waals surface area (Å²) in [5.74, 6) is 0.276. The maximum absolute atomic E-state index is 12.3. The third-order valence-corrected chi connectivity index (χ3v) is 5.28. The van der Waals surface area contributed by atoms with Crippen LogP contribution in [-0.4, -0.2) is 21.2 Å². The van der Waals surface area contributed by atoms with Gasteiger partial charge >= 0.3 is 0 Å². The largest absolute Gasteiger partial charge is 0.349 e. The van der Waals surface area contributed by atoms with Crippen molar-refractivity contribution in [1.82, 2.24) is 14.9 Å². The quantitative estimate of drug-likeness (QED) is 0.620. The zero-order chi connectivity index (χ0) is 18.5. The molecule has 1 aromatic heterocycles. The second-order valence-corrected chi connectivity index (χ2v) is 7.37. The van der Waals surface area contributed by atoms with Crippen LogP contribution in [0.25, 0.3) is 5.69 Å². The fourth-order valence-corrected chi connectivity index (χ4v) is 3.56. The van der Waals surface area contributed by atoms with Gasteiger partial charge in [0.2, 0.25) is 5.91 Å². The van der Waals surface area contributed by atoms with E-state index in [-0.39, 0.29) is 11.9 Å². The molecule has 0 radical (unpaired) electrons. The van der Waals surface area contributed by atoms with E-state index in [0.29, 0.717) is 10.8 Å². The standard InChI is InChI=1S/C20H20ClN3OS/c1-14-5-3-4-6-18(14)24-12-11-22-20(24)26-13-19(25)23-15(2)16-7-9-17(21)10-8-16/h3-12,15H,13H2,1-2H3,(H,23,25). The van der Waals surface area contributed by atoms with Crippen LogP contribution in [0, 0.1) is 6.92 Å². The Hall–Kier alpha value is -2.24. The fourth-order valence-electron chi connectivity index (χ4n) is 2.66. The van der Waals surface area contributed by atoms with Crippen molar-refractivity contribution in [3.8, 4) is 5.69 Å². The third kappa shape index (κ3) is 4.48. The lowest BCUT2D eigenvalue weighted by molar-refractivity contribution is -0.119. The minimum absolute atomic E-state index is 0.0308. The van der Waals surface area contributed by atoms with Gasteiger partial charge in [0.25, 0.3) is 0 Å². The normalized spacial score (nSPS) is 12.0. The summed E-state index contributed by atoms with van der Waals surface area (Å²) < 4.78 is 2.01. The van der Waals surface area contributed by atoms with E-state index in [1.54, 1.807) is 6.20 Å².